The molecule has 2 aliphatic heterocycles. The molecule has 46 heavy (non-hydrogen) atoms. The second kappa shape index (κ2) is 15.6. The lowest BCUT2D eigenvalue weighted by molar-refractivity contribution is -0.0110. The molecule has 0 aliphatic carbocycles. The SMILES string of the molecule is COCCCN1CCOc2ccc(C(O[C@H]3CN[C@@H](C[C@H](C)OC)C[C@@H]3c3ccc(OC)cc3)S(=O)(=O)c3ccc(C)cc3)cc21. The third-order valence-electron chi connectivity index (χ3n) is 9.08. The molecule has 1 saturated heterocycles. The number of nitrogens with one attached hydrogen (secondary N) is 1. The molecule has 1 unspecified atom stereocenters. The summed E-state index contributed by atoms with van der Waals surface area (Å²) >= 11 is 0. The van der Waals surface area contributed by atoms with Gasteiger partial charge in [0.25, 0.3) is 0 Å². The minimum absolute atomic E-state index is 0.0524. The van der Waals surface area contributed by atoms with E-state index in [0.717, 1.165) is 54.1 Å². The maximum Gasteiger partial charge on any atom is 0.209 e. The average Bonchev–Trinajstić information content (AvgIpc) is 3.07. The van der Waals surface area contributed by atoms with Gasteiger partial charge < -0.3 is 33.9 Å². The Balaban J connectivity index is 1.53. The largest absolute Gasteiger partial charge is 0.497 e. The third kappa shape index (κ3) is 8.04. The first-order valence-corrected chi connectivity index (χ1v) is 17.6. The Morgan fingerprint density at radius 1 is 1.02 bits per heavy atom. The van der Waals surface area contributed by atoms with Gasteiger partial charge in [-0.2, -0.15) is 0 Å². The normalized spacial score (nSPS) is 21.2. The molecule has 9 nitrogen and oxygen atoms in total. The van der Waals surface area contributed by atoms with Crippen molar-refractivity contribution in [3.63, 3.8) is 0 Å². The zero-order chi connectivity index (χ0) is 32.7. The molecule has 5 atom stereocenters. The van der Waals surface area contributed by atoms with E-state index < -0.39 is 21.4 Å². The average molecular weight is 653 g/mol. The first-order chi connectivity index (χ1) is 22.2. The molecule has 2 heterocycles. The third-order valence-corrected chi connectivity index (χ3v) is 11.0. The minimum atomic E-state index is -3.96. The molecular formula is C36H48N2O7S. The van der Waals surface area contributed by atoms with Crippen molar-refractivity contribution in [2.24, 2.45) is 0 Å². The van der Waals surface area contributed by atoms with Crippen LogP contribution >= 0.6 is 0 Å². The molecule has 10 heteroatoms. The molecule has 0 radical (unpaired) electrons. The summed E-state index contributed by atoms with van der Waals surface area (Å²) in [5.74, 6) is 1.46. The van der Waals surface area contributed by atoms with Crippen LogP contribution in [0.15, 0.2) is 71.6 Å². The highest BCUT2D eigenvalue weighted by molar-refractivity contribution is 7.91. The first kappa shape index (κ1) is 34.2. The number of fused-ring (bicyclic) bond motifs is 1. The van der Waals surface area contributed by atoms with E-state index in [2.05, 4.69) is 29.3 Å². The Morgan fingerprint density at radius 3 is 2.48 bits per heavy atom. The van der Waals surface area contributed by atoms with Crippen molar-refractivity contribution < 1.29 is 32.1 Å². The molecule has 0 saturated carbocycles. The quantitative estimate of drug-likeness (QED) is 0.221. The second-order valence-electron chi connectivity index (χ2n) is 12.3. The molecule has 3 aromatic carbocycles. The van der Waals surface area contributed by atoms with Gasteiger partial charge in [0.2, 0.25) is 9.84 Å². The lowest BCUT2D eigenvalue weighted by Gasteiger charge is -2.40. The van der Waals surface area contributed by atoms with Gasteiger partial charge in [0, 0.05) is 45.9 Å². The number of nitrogens with zero attached hydrogens (tertiary/aromatic N) is 1. The maximum absolute atomic E-state index is 14.5. The molecule has 0 amide bonds. The van der Waals surface area contributed by atoms with Gasteiger partial charge in [-0.1, -0.05) is 35.9 Å². The van der Waals surface area contributed by atoms with Gasteiger partial charge in [-0.05, 0) is 80.6 Å². The predicted molar refractivity (Wildman–Crippen MR) is 180 cm³/mol. The zero-order valence-electron chi connectivity index (χ0n) is 27.6. The van der Waals surface area contributed by atoms with Gasteiger partial charge in [-0.25, -0.2) is 8.42 Å². The van der Waals surface area contributed by atoms with Gasteiger partial charge in [0.05, 0.1) is 36.4 Å². The molecule has 1 N–H and O–H groups in total. The summed E-state index contributed by atoms with van der Waals surface area (Å²) in [5, 5.41) is 3.63. The Bertz CT molecular complexity index is 1510. The van der Waals surface area contributed by atoms with Gasteiger partial charge in [0.15, 0.2) is 5.44 Å². The van der Waals surface area contributed by atoms with Crippen molar-refractivity contribution in [3.8, 4) is 11.5 Å². The van der Waals surface area contributed by atoms with E-state index >= 15 is 0 Å². The number of ether oxygens (including phenoxy) is 5. The summed E-state index contributed by atoms with van der Waals surface area (Å²) < 4.78 is 58.2. The molecular weight excluding hydrogens is 604 g/mol. The summed E-state index contributed by atoms with van der Waals surface area (Å²) in [7, 11) is 1.11. The number of sulfone groups is 1. The van der Waals surface area contributed by atoms with E-state index in [1.54, 1.807) is 33.5 Å². The highest BCUT2D eigenvalue weighted by atomic mass is 32.2. The topological polar surface area (TPSA) is 95.6 Å². The van der Waals surface area contributed by atoms with Crippen LogP contribution < -0.4 is 19.7 Å². The Hall–Kier alpha value is -3.15. The standard InChI is InChI=1S/C36H48N2O7S/c1-25-7-14-31(15-8-25)46(39,40)36(28-11-16-34-33(22-28)38(18-20-44-34)17-6-19-41-3)45-35-24-37-29(21-26(2)42-4)23-32(35)27-9-12-30(43-5)13-10-27/h7-16,22,26,29,32,35-37H,6,17-21,23-24H2,1-5H3/t26-,29-,32+,35-,36?/m0/s1. The van der Waals surface area contributed by atoms with E-state index in [9.17, 15) is 8.42 Å². The Labute approximate surface area is 274 Å². The summed E-state index contributed by atoms with van der Waals surface area (Å²) in [6.45, 7) is 7.21. The van der Waals surface area contributed by atoms with Crippen LogP contribution in [0.5, 0.6) is 11.5 Å². The van der Waals surface area contributed by atoms with E-state index in [0.29, 0.717) is 31.9 Å². The van der Waals surface area contributed by atoms with Crippen LogP contribution in [0.2, 0.25) is 0 Å². The fraction of sp³-hybridized carbons (Fsp3) is 0.500. The Kier molecular flexibility index (Phi) is 11.6. The minimum Gasteiger partial charge on any atom is -0.497 e. The second-order valence-corrected chi connectivity index (χ2v) is 14.3. The predicted octanol–water partition coefficient (Wildman–Crippen LogP) is 5.67. The molecule has 1 fully saturated rings. The summed E-state index contributed by atoms with van der Waals surface area (Å²) in [6, 6.07) is 20.8. The smallest absolute Gasteiger partial charge is 0.209 e. The molecule has 0 bridgehead atoms. The summed E-state index contributed by atoms with van der Waals surface area (Å²) in [4.78, 5) is 2.46. The van der Waals surface area contributed by atoms with Crippen molar-refractivity contribution in [1.82, 2.24) is 5.32 Å². The molecule has 5 rings (SSSR count). The van der Waals surface area contributed by atoms with E-state index in [-0.39, 0.29) is 23.0 Å². The first-order valence-electron chi connectivity index (χ1n) is 16.1. The molecule has 3 aromatic rings. The molecule has 0 aromatic heterocycles. The van der Waals surface area contributed by atoms with Crippen LogP contribution in [0.3, 0.4) is 0 Å². The number of hydrogen-bond acceptors (Lipinski definition) is 9. The van der Waals surface area contributed by atoms with Crippen LogP contribution in [0.25, 0.3) is 0 Å². The van der Waals surface area contributed by atoms with Crippen LogP contribution in [0, 0.1) is 6.92 Å². The van der Waals surface area contributed by atoms with Crippen LogP contribution in [-0.2, 0) is 24.0 Å². The van der Waals surface area contributed by atoms with Crippen LogP contribution in [0.4, 0.5) is 5.69 Å². The van der Waals surface area contributed by atoms with Crippen molar-refractivity contribution in [2.75, 3.05) is 59.1 Å². The number of piperidine rings is 1. The fourth-order valence-electron chi connectivity index (χ4n) is 6.40. The van der Waals surface area contributed by atoms with Gasteiger partial charge in [-0.15, -0.1) is 0 Å². The van der Waals surface area contributed by atoms with Crippen LogP contribution in [-0.4, -0.2) is 80.8 Å². The highest BCUT2D eigenvalue weighted by Gasteiger charge is 2.39. The lowest BCUT2D eigenvalue weighted by Crippen LogP contribution is -2.48. The number of hydrogen-bond donors (Lipinski definition) is 1. The lowest BCUT2D eigenvalue weighted by atomic mass is 9.82. The highest BCUT2D eigenvalue weighted by Crippen LogP contribution is 2.41. The van der Waals surface area contributed by atoms with E-state index in [4.69, 9.17) is 23.7 Å². The molecule has 250 valence electrons. The zero-order valence-corrected chi connectivity index (χ0v) is 28.4. The maximum atomic E-state index is 14.5. The number of methoxy groups -OCH3 is 3. The van der Waals surface area contributed by atoms with Crippen molar-refractivity contribution in [1.29, 1.82) is 0 Å². The van der Waals surface area contributed by atoms with Gasteiger partial charge in [0.1, 0.15) is 18.1 Å². The van der Waals surface area contributed by atoms with Crippen LogP contribution in [0.1, 0.15) is 54.2 Å². The number of rotatable bonds is 14. The molecule has 0 spiro atoms. The van der Waals surface area contributed by atoms with Crippen molar-refractivity contribution >= 4 is 15.5 Å². The summed E-state index contributed by atoms with van der Waals surface area (Å²) in [6.07, 6.45) is 2.13. The summed E-state index contributed by atoms with van der Waals surface area (Å²) in [5.41, 5.74) is 2.28. The van der Waals surface area contributed by atoms with Gasteiger partial charge >= 0.3 is 0 Å². The fourth-order valence-corrected chi connectivity index (χ4v) is 7.95. The number of aryl methyl sites for hydroxylation is 1. The van der Waals surface area contributed by atoms with Crippen molar-refractivity contribution in [3.05, 3.63) is 83.4 Å². The van der Waals surface area contributed by atoms with Gasteiger partial charge in [-0.3, -0.25) is 0 Å². The number of anilines is 1. The molecule has 2 aliphatic rings. The van der Waals surface area contributed by atoms with E-state index in [1.165, 1.54) is 0 Å². The van der Waals surface area contributed by atoms with E-state index in [1.807, 2.05) is 49.4 Å². The number of benzene rings is 3. The Morgan fingerprint density at radius 2 is 1.78 bits per heavy atom. The monoisotopic (exact) mass is 652 g/mol. The van der Waals surface area contributed by atoms with Crippen molar-refractivity contribution in [2.45, 2.75) is 67.6 Å².